The number of non-ortho nitro benzene ring substituents is 1. The standard InChI is InChI=1S/C19H17ClN4O4/c20-18-17(21-10-9-13-1-3-14(12-25)4-2-13)11-22-23(19(18)26)15-5-7-16(8-6-15)24(27)28/h1-8,11,21,25H,9-10,12H2. The molecule has 0 atom stereocenters. The maximum absolute atomic E-state index is 12.5. The zero-order valence-electron chi connectivity index (χ0n) is 14.7. The molecular weight excluding hydrogens is 384 g/mol. The molecule has 3 rings (SSSR count). The van der Waals surface area contributed by atoms with Gasteiger partial charge < -0.3 is 10.4 Å². The zero-order valence-corrected chi connectivity index (χ0v) is 15.5. The summed E-state index contributed by atoms with van der Waals surface area (Å²) in [5, 5.41) is 27.0. The lowest BCUT2D eigenvalue weighted by Gasteiger charge is -2.10. The van der Waals surface area contributed by atoms with Crippen LogP contribution in [0.1, 0.15) is 11.1 Å². The largest absolute Gasteiger partial charge is 0.392 e. The monoisotopic (exact) mass is 400 g/mol. The Labute approximate surface area is 165 Å². The molecule has 1 aromatic heterocycles. The molecule has 28 heavy (non-hydrogen) atoms. The summed E-state index contributed by atoms with van der Waals surface area (Å²) in [7, 11) is 0. The molecule has 0 saturated heterocycles. The van der Waals surface area contributed by atoms with Crippen molar-refractivity contribution in [1.29, 1.82) is 0 Å². The van der Waals surface area contributed by atoms with Gasteiger partial charge in [-0.1, -0.05) is 35.9 Å². The molecule has 0 saturated carbocycles. The first-order valence-electron chi connectivity index (χ1n) is 8.45. The van der Waals surface area contributed by atoms with Crippen molar-refractivity contribution in [2.24, 2.45) is 0 Å². The molecule has 0 aliphatic carbocycles. The summed E-state index contributed by atoms with van der Waals surface area (Å²) in [4.78, 5) is 22.7. The number of nitro benzene ring substituents is 1. The second-order valence-corrected chi connectivity index (χ2v) is 6.39. The van der Waals surface area contributed by atoms with Gasteiger partial charge in [-0.2, -0.15) is 9.78 Å². The van der Waals surface area contributed by atoms with Crippen LogP contribution in [0.3, 0.4) is 0 Å². The zero-order chi connectivity index (χ0) is 20.1. The predicted molar refractivity (Wildman–Crippen MR) is 106 cm³/mol. The normalized spacial score (nSPS) is 10.6. The number of anilines is 1. The van der Waals surface area contributed by atoms with Crippen LogP contribution in [0.4, 0.5) is 11.4 Å². The number of nitrogens with one attached hydrogen (secondary N) is 1. The number of aliphatic hydroxyl groups excluding tert-OH is 1. The van der Waals surface area contributed by atoms with Crippen LogP contribution >= 0.6 is 11.6 Å². The summed E-state index contributed by atoms with van der Waals surface area (Å²) in [6.07, 6.45) is 2.15. The molecule has 0 spiro atoms. The van der Waals surface area contributed by atoms with E-state index < -0.39 is 10.5 Å². The van der Waals surface area contributed by atoms with E-state index in [-0.39, 0.29) is 17.3 Å². The average molecular weight is 401 g/mol. The number of rotatable bonds is 7. The fourth-order valence-corrected chi connectivity index (χ4v) is 2.80. The Morgan fingerprint density at radius 1 is 1.11 bits per heavy atom. The van der Waals surface area contributed by atoms with Gasteiger partial charge in [0.25, 0.3) is 11.2 Å². The van der Waals surface area contributed by atoms with Crippen molar-refractivity contribution in [2.45, 2.75) is 13.0 Å². The molecule has 9 heteroatoms. The van der Waals surface area contributed by atoms with Crippen molar-refractivity contribution >= 4 is 23.0 Å². The second-order valence-electron chi connectivity index (χ2n) is 6.01. The second kappa shape index (κ2) is 8.64. The van der Waals surface area contributed by atoms with Gasteiger partial charge in [0.1, 0.15) is 5.02 Å². The molecule has 2 aromatic carbocycles. The van der Waals surface area contributed by atoms with E-state index in [0.717, 1.165) is 15.8 Å². The van der Waals surface area contributed by atoms with Crippen LogP contribution in [0.2, 0.25) is 5.02 Å². The Morgan fingerprint density at radius 3 is 2.36 bits per heavy atom. The van der Waals surface area contributed by atoms with E-state index in [2.05, 4.69) is 10.4 Å². The van der Waals surface area contributed by atoms with Gasteiger partial charge in [-0.15, -0.1) is 0 Å². The van der Waals surface area contributed by atoms with E-state index in [0.29, 0.717) is 24.3 Å². The number of hydrogen-bond donors (Lipinski definition) is 2. The van der Waals surface area contributed by atoms with Crippen LogP contribution in [-0.4, -0.2) is 26.4 Å². The van der Waals surface area contributed by atoms with Crippen LogP contribution in [-0.2, 0) is 13.0 Å². The van der Waals surface area contributed by atoms with Gasteiger partial charge in [0.15, 0.2) is 0 Å². The summed E-state index contributed by atoms with van der Waals surface area (Å²) >= 11 is 6.18. The van der Waals surface area contributed by atoms with Gasteiger partial charge >= 0.3 is 0 Å². The van der Waals surface area contributed by atoms with Crippen LogP contribution in [0.25, 0.3) is 5.69 Å². The molecular formula is C19H17ClN4O4. The Morgan fingerprint density at radius 2 is 1.75 bits per heavy atom. The molecule has 144 valence electrons. The van der Waals surface area contributed by atoms with Crippen molar-refractivity contribution < 1.29 is 10.0 Å². The van der Waals surface area contributed by atoms with Crippen LogP contribution in [0.5, 0.6) is 0 Å². The lowest BCUT2D eigenvalue weighted by atomic mass is 10.1. The Kier molecular flexibility index (Phi) is 6.03. The molecule has 0 amide bonds. The number of benzene rings is 2. The number of halogens is 1. The fraction of sp³-hybridized carbons (Fsp3) is 0.158. The molecule has 0 radical (unpaired) electrons. The topological polar surface area (TPSA) is 110 Å². The average Bonchev–Trinajstić information content (AvgIpc) is 2.72. The van der Waals surface area contributed by atoms with E-state index in [1.54, 1.807) is 0 Å². The van der Waals surface area contributed by atoms with E-state index in [4.69, 9.17) is 16.7 Å². The minimum absolute atomic E-state index is 0.00482. The summed E-state index contributed by atoms with van der Waals surface area (Å²) in [5.74, 6) is 0. The number of aliphatic hydroxyl groups is 1. The highest BCUT2D eigenvalue weighted by molar-refractivity contribution is 6.32. The number of hydrogen-bond acceptors (Lipinski definition) is 6. The Balaban J connectivity index is 1.70. The van der Waals surface area contributed by atoms with Gasteiger partial charge in [-0.25, -0.2) is 0 Å². The summed E-state index contributed by atoms with van der Waals surface area (Å²) < 4.78 is 1.09. The lowest BCUT2D eigenvalue weighted by Crippen LogP contribution is -2.23. The van der Waals surface area contributed by atoms with Gasteiger partial charge in [-0.05, 0) is 29.7 Å². The van der Waals surface area contributed by atoms with Crippen molar-refractivity contribution in [3.8, 4) is 5.69 Å². The first kappa shape index (κ1) is 19.5. The Bertz CT molecular complexity index is 1030. The quantitative estimate of drug-likeness (QED) is 0.466. The SMILES string of the molecule is O=c1c(Cl)c(NCCc2ccc(CO)cc2)cnn1-c1ccc([N+](=O)[O-])cc1. The van der Waals surface area contributed by atoms with Crippen molar-refractivity contribution in [3.05, 3.63) is 91.3 Å². The molecule has 3 aromatic rings. The third kappa shape index (κ3) is 4.36. The Hall–Kier alpha value is -3.23. The van der Waals surface area contributed by atoms with Crippen molar-refractivity contribution in [2.75, 3.05) is 11.9 Å². The summed E-state index contributed by atoms with van der Waals surface area (Å²) in [6, 6.07) is 13.0. The van der Waals surface area contributed by atoms with Crippen molar-refractivity contribution in [1.82, 2.24) is 9.78 Å². The lowest BCUT2D eigenvalue weighted by molar-refractivity contribution is -0.384. The fourth-order valence-electron chi connectivity index (χ4n) is 2.61. The maximum atomic E-state index is 12.5. The molecule has 2 N–H and O–H groups in total. The third-order valence-corrected chi connectivity index (χ3v) is 4.52. The smallest absolute Gasteiger partial charge is 0.292 e. The molecule has 8 nitrogen and oxygen atoms in total. The number of nitro groups is 1. The molecule has 0 aliphatic rings. The number of aromatic nitrogens is 2. The minimum atomic E-state index is -0.521. The van der Waals surface area contributed by atoms with Gasteiger partial charge in [0.05, 0.1) is 29.1 Å². The minimum Gasteiger partial charge on any atom is -0.392 e. The molecule has 0 unspecified atom stereocenters. The van der Waals surface area contributed by atoms with Gasteiger partial charge in [0, 0.05) is 18.7 Å². The van der Waals surface area contributed by atoms with Crippen LogP contribution in [0.15, 0.2) is 59.5 Å². The highest BCUT2D eigenvalue weighted by Gasteiger charge is 2.12. The highest BCUT2D eigenvalue weighted by atomic mass is 35.5. The maximum Gasteiger partial charge on any atom is 0.292 e. The van der Waals surface area contributed by atoms with Gasteiger partial charge in [-0.3, -0.25) is 14.9 Å². The molecule has 1 heterocycles. The van der Waals surface area contributed by atoms with E-state index >= 15 is 0 Å². The van der Waals surface area contributed by atoms with Gasteiger partial charge in [0.2, 0.25) is 0 Å². The summed E-state index contributed by atoms with van der Waals surface area (Å²) in [6.45, 7) is 0.547. The van der Waals surface area contributed by atoms with Crippen LogP contribution in [0, 0.1) is 10.1 Å². The molecule has 0 aliphatic heterocycles. The van der Waals surface area contributed by atoms with E-state index in [1.807, 2.05) is 24.3 Å². The molecule has 0 bridgehead atoms. The molecule has 0 fully saturated rings. The predicted octanol–water partition coefficient (Wildman–Crippen LogP) is 2.94. The van der Waals surface area contributed by atoms with E-state index in [9.17, 15) is 14.9 Å². The highest BCUT2D eigenvalue weighted by Crippen LogP contribution is 2.18. The van der Waals surface area contributed by atoms with Crippen molar-refractivity contribution in [3.63, 3.8) is 0 Å². The third-order valence-electron chi connectivity index (χ3n) is 4.16. The van der Waals surface area contributed by atoms with Crippen LogP contribution < -0.4 is 10.9 Å². The first-order chi connectivity index (χ1) is 13.5. The number of nitrogens with zero attached hydrogens (tertiary/aromatic N) is 3. The first-order valence-corrected chi connectivity index (χ1v) is 8.82. The van der Waals surface area contributed by atoms with E-state index in [1.165, 1.54) is 30.5 Å². The summed E-state index contributed by atoms with van der Waals surface area (Å²) in [5.41, 5.74) is 2.12.